The van der Waals surface area contributed by atoms with Gasteiger partial charge in [-0.05, 0) is 29.8 Å². The van der Waals surface area contributed by atoms with E-state index in [2.05, 4.69) is 4.98 Å². The van der Waals surface area contributed by atoms with Gasteiger partial charge in [-0.1, -0.05) is 66.7 Å². The predicted molar refractivity (Wildman–Crippen MR) is 103 cm³/mol. The number of H-pyrrole nitrogens is 1. The van der Waals surface area contributed by atoms with Crippen molar-refractivity contribution in [2.75, 3.05) is 0 Å². The summed E-state index contributed by atoms with van der Waals surface area (Å²) in [5.74, 6) is 0. The normalized spacial score (nSPS) is 13.5. The van der Waals surface area contributed by atoms with Crippen LogP contribution in [0.3, 0.4) is 0 Å². The predicted octanol–water partition coefficient (Wildman–Crippen LogP) is 4.55. The zero-order valence-corrected chi connectivity index (χ0v) is 14.2. The average Bonchev–Trinajstić information content (AvgIpc) is 3.06. The molecule has 3 aromatic carbocycles. The molecule has 0 fully saturated rings. The standard InChI is InChI=1S/C21H17NO2S/c23-25(24,18-12-5-2-6-13-18)21(16-9-3-1-4-10-16)20-15-17-11-7-8-14-19(17)22-20/h1-15,22H,(H,23,24). The summed E-state index contributed by atoms with van der Waals surface area (Å²) in [5, 5.41) is 1.01. The Bertz CT molecular complexity index is 1110. The lowest BCUT2D eigenvalue weighted by atomic mass is 10.1. The molecule has 0 aliphatic carbocycles. The maximum atomic E-state index is 13.5. The van der Waals surface area contributed by atoms with Crippen LogP contribution in [0.25, 0.3) is 10.9 Å². The monoisotopic (exact) mass is 347 g/mol. The van der Waals surface area contributed by atoms with Crippen LogP contribution in [0.1, 0.15) is 11.3 Å². The summed E-state index contributed by atoms with van der Waals surface area (Å²) in [7, 11) is -3.42. The van der Waals surface area contributed by atoms with Gasteiger partial charge in [0.1, 0.15) is 9.80 Å². The van der Waals surface area contributed by atoms with Crippen molar-refractivity contribution in [3.8, 4) is 0 Å². The van der Waals surface area contributed by atoms with Gasteiger partial charge in [0.2, 0.25) is 0 Å². The molecule has 1 atom stereocenters. The second-order valence-corrected chi connectivity index (χ2v) is 7.74. The lowest BCUT2D eigenvalue weighted by Gasteiger charge is -2.13. The van der Waals surface area contributed by atoms with E-state index in [9.17, 15) is 8.76 Å². The highest BCUT2D eigenvalue weighted by molar-refractivity contribution is 7.98. The first-order chi connectivity index (χ1) is 12.2. The van der Waals surface area contributed by atoms with Crippen molar-refractivity contribution in [1.82, 2.24) is 4.98 Å². The maximum Gasteiger partial charge on any atom is 0.120 e. The Kier molecular flexibility index (Phi) is 3.92. The molecule has 25 heavy (non-hydrogen) atoms. The van der Waals surface area contributed by atoms with Crippen molar-refractivity contribution in [3.05, 3.63) is 102 Å². The third-order valence-electron chi connectivity index (χ3n) is 4.15. The Hall–Kier alpha value is -2.82. The number of rotatable bonds is 3. The number of benzene rings is 3. The van der Waals surface area contributed by atoms with E-state index in [4.69, 9.17) is 0 Å². The molecule has 4 aromatic rings. The Labute approximate surface area is 146 Å². The van der Waals surface area contributed by atoms with Gasteiger partial charge in [-0.25, -0.2) is 4.21 Å². The van der Waals surface area contributed by atoms with Gasteiger partial charge in [0.15, 0.2) is 0 Å². The van der Waals surface area contributed by atoms with Crippen LogP contribution >= 0.6 is 0 Å². The van der Waals surface area contributed by atoms with Gasteiger partial charge in [0.25, 0.3) is 0 Å². The van der Waals surface area contributed by atoms with E-state index in [-0.39, 0.29) is 0 Å². The smallest absolute Gasteiger partial charge is 0.120 e. The Balaban J connectivity index is 2.07. The van der Waals surface area contributed by atoms with Gasteiger partial charge < -0.3 is 9.54 Å². The number of hydrogen-bond donors (Lipinski definition) is 2. The Morgan fingerprint density at radius 1 is 0.800 bits per heavy atom. The SMILES string of the molecule is O=S(O)(=C(c1ccccc1)c1cc2ccccc2[nH]1)c1ccccc1. The van der Waals surface area contributed by atoms with Crippen molar-refractivity contribution >= 4 is 25.6 Å². The zero-order valence-electron chi connectivity index (χ0n) is 13.4. The molecule has 4 heteroatoms. The van der Waals surface area contributed by atoms with Crippen LogP contribution in [0.2, 0.25) is 0 Å². The molecule has 0 aliphatic heterocycles. The minimum atomic E-state index is -3.42. The molecule has 0 aliphatic rings. The Morgan fingerprint density at radius 3 is 2.08 bits per heavy atom. The molecular weight excluding hydrogens is 330 g/mol. The van der Waals surface area contributed by atoms with E-state index in [0.29, 0.717) is 15.5 Å². The lowest BCUT2D eigenvalue weighted by Crippen LogP contribution is -2.17. The van der Waals surface area contributed by atoms with Crippen LogP contribution in [0.15, 0.2) is 95.9 Å². The highest BCUT2D eigenvalue weighted by Crippen LogP contribution is 2.22. The van der Waals surface area contributed by atoms with Crippen LogP contribution in [0, 0.1) is 0 Å². The molecule has 3 nitrogen and oxygen atoms in total. The molecule has 2 N–H and O–H groups in total. The van der Waals surface area contributed by atoms with Gasteiger partial charge in [-0.15, -0.1) is 0 Å². The first kappa shape index (κ1) is 15.7. The van der Waals surface area contributed by atoms with E-state index >= 15 is 0 Å². The Morgan fingerprint density at radius 2 is 1.40 bits per heavy atom. The third kappa shape index (κ3) is 2.86. The highest BCUT2D eigenvalue weighted by Gasteiger charge is 2.20. The molecule has 0 bridgehead atoms. The van der Waals surface area contributed by atoms with Crippen molar-refractivity contribution in [2.24, 2.45) is 0 Å². The summed E-state index contributed by atoms with van der Waals surface area (Å²) in [6.45, 7) is 0. The van der Waals surface area contributed by atoms with Crippen molar-refractivity contribution < 1.29 is 8.76 Å². The van der Waals surface area contributed by atoms with Crippen LogP contribution in [-0.2, 0) is 9.80 Å². The summed E-state index contributed by atoms with van der Waals surface area (Å²) in [6, 6.07) is 27.9. The van der Waals surface area contributed by atoms with E-state index in [1.165, 1.54) is 0 Å². The van der Waals surface area contributed by atoms with Gasteiger partial charge in [0, 0.05) is 10.9 Å². The fourth-order valence-corrected chi connectivity index (χ4v) is 4.60. The number of para-hydroxylation sites is 1. The summed E-state index contributed by atoms with van der Waals surface area (Å²) >= 11 is 0. The maximum absolute atomic E-state index is 13.5. The summed E-state index contributed by atoms with van der Waals surface area (Å²) < 4.78 is 24.5. The second-order valence-electron chi connectivity index (χ2n) is 5.80. The van der Waals surface area contributed by atoms with Crippen LogP contribution in [0.5, 0.6) is 0 Å². The second kappa shape index (κ2) is 6.24. The fourth-order valence-electron chi connectivity index (χ4n) is 2.97. The van der Waals surface area contributed by atoms with Crippen molar-refractivity contribution in [1.29, 1.82) is 0 Å². The molecule has 0 radical (unpaired) electrons. The molecule has 0 saturated heterocycles. The number of fused-ring (bicyclic) bond motifs is 1. The molecule has 0 spiro atoms. The van der Waals surface area contributed by atoms with Crippen LogP contribution < -0.4 is 0 Å². The number of hydrogen-bond acceptors (Lipinski definition) is 1. The summed E-state index contributed by atoms with van der Waals surface area (Å²) in [6.07, 6.45) is 0. The zero-order chi connectivity index (χ0) is 17.3. The molecule has 1 heterocycles. The molecular formula is C21H17NO2S. The highest BCUT2D eigenvalue weighted by atomic mass is 32.2. The van der Waals surface area contributed by atoms with E-state index < -0.39 is 9.80 Å². The van der Waals surface area contributed by atoms with Crippen LogP contribution in [-0.4, -0.2) is 18.6 Å². The number of nitrogens with one attached hydrogen (secondary N) is 1. The van der Waals surface area contributed by atoms with E-state index in [1.807, 2.05) is 66.7 Å². The molecule has 0 amide bonds. The van der Waals surface area contributed by atoms with E-state index in [1.54, 1.807) is 24.3 Å². The number of aromatic amines is 1. The first-order valence-electron chi connectivity index (χ1n) is 7.98. The first-order valence-corrected chi connectivity index (χ1v) is 9.50. The minimum Gasteiger partial charge on any atom is -0.354 e. The summed E-state index contributed by atoms with van der Waals surface area (Å²) in [5.41, 5.74) is 2.32. The molecule has 1 unspecified atom stereocenters. The average molecular weight is 347 g/mol. The van der Waals surface area contributed by atoms with Gasteiger partial charge in [0.05, 0.1) is 15.5 Å². The minimum absolute atomic E-state index is 0.396. The molecule has 1 aromatic heterocycles. The van der Waals surface area contributed by atoms with E-state index in [0.717, 1.165) is 16.5 Å². The lowest BCUT2D eigenvalue weighted by molar-refractivity contribution is 0.559. The fraction of sp³-hybridized carbons (Fsp3) is 0. The molecule has 124 valence electrons. The molecule has 0 saturated carbocycles. The van der Waals surface area contributed by atoms with Gasteiger partial charge in [-0.3, -0.25) is 0 Å². The van der Waals surface area contributed by atoms with Crippen LogP contribution in [0.4, 0.5) is 0 Å². The third-order valence-corrected chi connectivity index (χ3v) is 6.07. The largest absolute Gasteiger partial charge is 0.354 e. The van der Waals surface area contributed by atoms with Gasteiger partial charge in [-0.2, -0.15) is 0 Å². The topological polar surface area (TPSA) is 53.1 Å². The molecule has 4 rings (SSSR count). The van der Waals surface area contributed by atoms with Gasteiger partial charge >= 0.3 is 0 Å². The summed E-state index contributed by atoms with van der Waals surface area (Å²) in [4.78, 5) is 4.09. The van der Waals surface area contributed by atoms with Crippen molar-refractivity contribution in [3.63, 3.8) is 0 Å². The quantitative estimate of drug-likeness (QED) is 0.422. The van der Waals surface area contributed by atoms with Crippen molar-refractivity contribution in [2.45, 2.75) is 4.90 Å². The number of aromatic nitrogens is 1.